The van der Waals surface area contributed by atoms with Crippen molar-refractivity contribution >= 4 is 62.6 Å². The molecule has 49 heavy (non-hydrogen) atoms. The first kappa shape index (κ1) is 38.1. The molecular weight excluding hydrogens is 693 g/mol. The second-order valence-electron chi connectivity index (χ2n) is 16.1. The zero-order valence-electron chi connectivity index (χ0n) is 29.1. The number of Topliss-reactive ketones (excluding diaryl/α,β-unsaturated/α-hetero) is 1. The third-order valence-corrected chi connectivity index (χ3v) is 14.6. The summed E-state index contributed by atoms with van der Waals surface area (Å²) in [5.41, 5.74) is -1.73. The minimum atomic E-state index is -3.38. The van der Waals surface area contributed by atoms with E-state index in [-0.39, 0.29) is 37.1 Å². The van der Waals surface area contributed by atoms with Gasteiger partial charge in [0.1, 0.15) is 16.4 Å². The number of carbonyl (C=O) groups excluding carboxylic acids is 5. The molecule has 276 valence electrons. The first-order valence-electron chi connectivity index (χ1n) is 18.0. The van der Waals surface area contributed by atoms with Crippen LogP contribution in [0.15, 0.2) is 0 Å². The molecule has 0 radical (unpaired) electrons. The van der Waals surface area contributed by atoms with Crippen molar-refractivity contribution in [3.8, 4) is 0 Å². The fourth-order valence-corrected chi connectivity index (χ4v) is 11.6. The molecule has 0 spiro atoms. The lowest BCUT2D eigenvalue weighted by Gasteiger charge is -2.44. The van der Waals surface area contributed by atoms with Gasteiger partial charge in [-0.25, -0.2) is 13.2 Å². The number of halogens is 2. The Kier molecular flexibility index (Phi) is 11.3. The molecule has 3 aliphatic carbocycles. The molecule has 2 aliphatic heterocycles. The number of hydrogen-bond donors (Lipinski definition) is 4. The van der Waals surface area contributed by atoms with Crippen LogP contribution >= 0.6 is 23.2 Å². The Balaban J connectivity index is 1.36. The summed E-state index contributed by atoms with van der Waals surface area (Å²) in [7, 11) is -3.38. The van der Waals surface area contributed by atoms with E-state index in [4.69, 9.17) is 23.2 Å². The molecule has 0 aromatic rings. The molecule has 5 fully saturated rings. The van der Waals surface area contributed by atoms with E-state index in [1.54, 1.807) is 20.8 Å². The second kappa shape index (κ2) is 14.5. The van der Waals surface area contributed by atoms with Gasteiger partial charge >= 0.3 is 6.03 Å². The highest BCUT2D eigenvalue weighted by atomic mass is 35.5. The molecule has 12 nitrogen and oxygen atoms in total. The van der Waals surface area contributed by atoms with E-state index in [2.05, 4.69) is 21.3 Å². The SMILES string of the molecule is CCCCC(NC(=O)C1C2CC(Cl)(Cl)C2CN1C(=O)C(NC(=O)NC1(C2CCCS2(=O)=O)CCCCC1)C(C)(C)C)C(=O)C(=O)NC1CC1. The number of rotatable bonds is 12. The van der Waals surface area contributed by atoms with E-state index in [9.17, 15) is 32.4 Å². The molecule has 0 aromatic carbocycles. The zero-order valence-corrected chi connectivity index (χ0v) is 31.4. The Morgan fingerprint density at radius 3 is 2.18 bits per heavy atom. The number of hydrogen-bond acceptors (Lipinski definition) is 7. The van der Waals surface area contributed by atoms with Gasteiger partial charge in [-0.05, 0) is 62.7 Å². The predicted octanol–water partition coefficient (Wildman–Crippen LogP) is 3.52. The van der Waals surface area contributed by atoms with Gasteiger partial charge in [0.25, 0.3) is 5.91 Å². The van der Waals surface area contributed by atoms with Crippen LogP contribution in [0.4, 0.5) is 4.79 Å². The summed E-state index contributed by atoms with van der Waals surface area (Å²) in [6, 6.07) is -3.82. The molecule has 2 heterocycles. The summed E-state index contributed by atoms with van der Waals surface area (Å²) in [6.45, 7) is 7.43. The van der Waals surface area contributed by atoms with Crippen LogP contribution in [0.1, 0.15) is 111 Å². The summed E-state index contributed by atoms with van der Waals surface area (Å²) in [5.74, 6) is -3.20. The molecule has 15 heteroatoms. The maximum atomic E-state index is 14.5. The summed E-state index contributed by atoms with van der Waals surface area (Å²) in [6.07, 6.45) is 8.18. The van der Waals surface area contributed by atoms with Crippen molar-refractivity contribution in [1.82, 2.24) is 26.2 Å². The van der Waals surface area contributed by atoms with Gasteiger partial charge in [0.05, 0.1) is 22.6 Å². The van der Waals surface area contributed by atoms with Crippen LogP contribution in [-0.4, -0.2) is 94.4 Å². The Morgan fingerprint density at radius 2 is 1.63 bits per heavy atom. The van der Waals surface area contributed by atoms with Gasteiger partial charge in [-0.1, -0.05) is 59.8 Å². The number of nitrogens with one attached hydrogen (secondary N) is 4. The predicted molar refractivity (Wildman–Crippen MR) is 187 cm³/mol. The van der Waals surface area contributed by atoms with Crippen molar-refractivity contribution in [2.24, 2.45) is 17.3 Å². The number of unbranched alkanes of at least 4 members (excludes halogenated alkanes) is 1. The van der Waals surface area contributed by atoms with Gasteiger partial charge in [-0.2, -0.15) is 0 Å². The van der Waals surface area contributed by atoms with E-state index in [0.717, 1.165) is 38.5 Å². The minimum absolute atomic E-state index is 0.0205. The van der Waals surface area contributed by atoms with Crippen molar-refractivity contribution in [3.63, 3.8) is 0 Å². The first-order chi connectivity index (χ1) is 22.9. The maximum Gasteiger partial charge on any atom is 0.315 e. The molecule has 0 bridgehead atoms. The Hall–Kier alpha value is -2.12. The molecule has 6 atom stereocenters. The lowest BCUT2D eigenvalue weighted by atomic mass is 9.71. The number of alkyl halides is 2. The van der Waals surface area contributed by atoms with Gasteiger partial charge in [0.15, 0.2) is 9.84 Å². The van der Waals surface area contributed by atoms with Crippen LogP contribution in [0.5, 0.6) is 0 Å². The van der Waals surface area contributed by atoms with Crippen LogP contribution in [-0.2, 0) is 29.0 Å². The lowest BCUT2D eigenvalue weighted by molar-refractivity contribution is -0.144. The quantitative estimate of drug-likeness (QED) is 0.175. The van der Waals surface area contributed by atoms with Crippen LogP contribution in [0.3, 0.4) is 0 Å². The smallest absolute Gasteiger partial charge is 0.315 e. The number of carbonyl (C=O) groups is 5. The van der Waals surface area contributed by atoms with Gasteiger partial charge in [-0.3, -0.25) is 19.2 Å². The summed E-state index contributed by atoms with van der Waals surface area (Å²) >= 11 is 13.2. The van der Waals surface area contributed by atoms with Crippen LogP contribution in [0, 0.1) is 17.3 Å². The van der Waals surface area contributed by atoms with Crippen molar-refractivity contribution in [2.75, 3.05) is 12.3 Å². The van der Waals surface area contributed by atoms with E-state index in [1.807, 2.05) is 6.92 Å². The third-order valence-electron chi connectivity index (χ3n) is 11.3. The number of ketones is 1. The number of amides is 5. The molecule has 4 N–H and O–H groups in total. The summed E-state index contributed by atoms with van der Waals surface area (Å²) in [5, 5.41) is 10.7. The molecule has 0 aromatic heterocycles. The Labute approximate surface area is 300 Å². The second-order valence-corrected chi connectivity index (χ2v) is 19.9. The molecule has 6 unspecified atom stereocenters. The van der Waals surface area contributed by atoms with Crippen molar-refractivity contribution in [3.05, 3.63) is 0 Å². The van der Waals surface area contributed by atoms with E-state index >= 15 is 0 Å². The minimum Gasteiger partial charge on any atom is -0.347 e. The van der Waals surface area contributed by atoms with E-state index in [0.29, 0.717) is 32.1 Å². The highest BCUT2D eigenvalue weighted by molar-refractivity contribution is 7.92. The highest BCUT2D eigenvalue weighted by Crippen LogP contribution is 2.58. The molecular formula is C34H53Cl2N5O7S. The fourth-order valence-electron chi connectivity index (χ4n) is 8.39. The number of likely N-dealkylation sites (tertiary alicyclic amines) is 1. The van der Waals surface area contributed by atoms with Crippen molar-refractivity contribution in [1.29, 1.82) is 0 Å². The van der Waals surface area contributed by atoms with Crippen LogP contribution in [0.2, 0.25) is 0 Å². The highest BCUT2D eigenvalue weighted by Gasteiger charge is 2.64. The average Bonchev–Trinajstić information content (AvgIpc) is 3.66. The van der Waals surface area contributed by atoms with Crippen molar-refractivity contribution < 1.29 is 32.4 Å². The lowest BCUT2D eigenvalue weighted by Crippen LogP contribution is -2.65. The monoisotopic (exact) mass is 745 g/mol. The van der Waals surface area contributed by atoms with Gasteiger partial charge in [-0.15, -0.1) is 23.2 Å². The third kappa shape index (κ3) is 8.19. The van der Waals surface area contributed by atoms with Gasteiger partial charge in [0.2, 0.25) is 17.6 Å². The molecule has 5 amide bonds. The van der Waals surface area contributed by atoms with Crippen LogP contribution < -0.4 is 21.3 Å². The van der Waals surface area contributed by atoms with Crippen LogP contribution in [0.25, 0.3) is 0 Å². The maximum absolute atomic E-state index is 14.5. The number of urea groups is 1. The average molecular weight is 747 g/mol. The number of nitrogens with zero attached hydrogens (tertiary/aromatic N) is 1. The number of fused-ring (bicyclic) bond motifs is 1. The number of sulfone groups is 1. The summed E-state index contributed by atoms with van der Waals surface area (Å²) < 4.78 is 25.0. The Bertz CT molecular complexity index is 1420. The van der Waals surface area contributed by atoms with Gasteiger partial charge < -0.3 is 26.2 Å². The molecule has 5 aliphatic rings. The van der Waals surface area contributed by atoms with E-state index in [1.165, 1.54) is 4.90 Å². The molecule has 2 saturated heterocycles. The topological polar surface area (TPSA) is 171 Å². The summed E-state index contributed by atoms with van der Waals surface area (Å²) in [4.78, 5) is 69.7. The zero-order chi connectivity index (χ0) is 35.9. The fraction of sp³-hybridized carbons (Fsp3) is 0.853. The first-order valence-corrected chi connectivity index (χ1v) is 20.5. The van der Waals surface area contributed by atoms with Gasteiger partial charge in [0, 0.05) is 18.5 Å². The molecule has 3 saturated carbocycles. The standard InChI is InChI=1S/C34H53Cl2N5O7S/c1-5-6-11-23(26(42)29(44)37-20-13-14-20)38-28(43)25-21-18-34(35,36)22(21)19-41(25)30(45)27(32(2,3)4)39-31(46)40-33(15-8-7-9-16-33)24-12-10-17-49(24,47)48/h20-25,27H,5-19H2,1-4H3,(H,37,44)(H,38,43)(H2,39,40,46). The van der Waals surface area contributed by atoms with Crippen molar-refractivity contribution in [2.45, 2.75) is 150 Å². The Morgan fingerprint density at radius 1 is 0.959 bits per heavy atom. The largest absolute Gasteiger partial charge is 0.347 e. The molecule has 5 rings (SSSR count). The van der Waals surface area contributed by atoms with E-state index < -0.39 is 84.0 Å². The normalized spacial score (nSPS) is 29.5.